The summed E-state index contributed by atoms with van der Waals surface area (Å²) in [4.78, 5) is 12.1. The van der Waals surface area contributed by atoms with Crippen LogP contribution in [0.5, 0.6) is 17.2 Å². The Morgan fingerprint density at radius 1 is 1.25 bits per heavy atom. The highest BCUT2D eigenvalue weighted by Gasteiger charge is 2.14. The van der Waals surface area contributed by atoms with Gasteiger partial charge in [0.2, 0.25) is 0 Å². The van der Waals surface area contributed by atoms with Gasteiger partial charge in [-0.25, -0.2) is 5.43 Å². The average Bonchev–Trinajstić information content (AvgIpc) is 2.58. The van der Waals surface area contributed by atoms with Crippen LogP contribution in [-0.4, -0.2) is 30.4 Å². The zero-order chi connectivity index (χ0) is 17.1. The third kappa shape index (κ3) is 3.81. The Morgan fingerprint density at radius 2 is 2.00 bits per heavy atom. The summed E-state index contributed by atoms with van der Waals surface area (Å²) in [5, 5.41) is 13.9. The van der Waals surface area contributed by atoms with Crippen molar-refractivity contribution in [2.45, 2.75) is 0 Å². The first-order valence-corrected chi connectivity index (χ1v) is 8.83. The van der Waals surface area contributed by atoms with Gasteiger partial charge in [0.1, 0.15) is 19.0 Å². The Labute approximate surface area is 160 Å². The second kappa shape index (κ2) is 7.39. The summed E-state index contributed by atoms with van der Waals surface area (Å²) >= 11 is 5.36. The van der Waals surface area contributed by atoms with Crippen LogP contribution in [-0.2, 0) is 0 Å². The molecule has 0 saturated carbocycles. The van der Waals surface area contributed by atoms with Gasteiger partial charge in [-0.15, -0.1) is 0 Å². The van der Waals surface area contributed by atoms with Crippen LogP contribution in [0.15, 0.2) is 39.9 Å². The molecule has 1 aliphatic heterocycles. The van der Waals surface area contributed by atoms with Crippen molar-refractivity contribution in [3.05, 3.63) is 49.5 Å². The highest BCUT2D eigenvalue weighted by Crippen LogP contribution is 2.30. The number of phenolic OH excluding ortho intramolecular Hbond substituents is 1. The molecule has 0 aromatic heterocycles. The van der Waals surface area contributed by atoms with Crippen molar-refractivity contribution >= 4 is 50.6 Å². The predicted molar refractivity (Wildman–Crippen MR) is 101 cm³/mol. The summed E-state index contributed by atoms with van der Waals surface area (Å²) < 4.78 is 12.4. The molecule has 0 fully saturated rings. The van der Waals surface area contributed by atoms with E-state index in [0.29, 0.717) is 39.4 Å². The molecule has 2 N–H and O–H groups in total. The van der Waals surface area contributed by atoms with E-state index in [0.717, 1.165) is 4.47 Å². The van der Waals surface area contributed by atoms with Crippen molar-refractivity contribution in [1.82, 2.24) is 5.43 Å². The molecule has 3 rings (SSSR count). The fourth-order valence-corrected chi connectivity index (χ4v) is 3.64. The van der Waals surface area contributed by atoms with Crippen LogP contribution in [0.2, 0.25) is 0 Å². The third-order valence-corrected chi connectivity index (χ3v) is 4.51. The number of benzene rings is 2. The summed E-state index contributed by atoms with van der Waals surface area (Å²) in [7, 11) is 0. The lowest BCUT2D eigenvalue weighted by Gasteiger charge is -2.18. The summed E-state index contributed by atoms with van der Waals surface area (Å²) in [5.41, 5.74) is 3.33. The second-order valence-electron chi connectivity index (χ2n) is 4.88. The number of nitrogens with one attached hydrogen (secondary N) is 1. The Hall–Kier alpha value is -1.81. The van der Waals surface area contributed by atoms with E-state index < -0.39 is 0 Å². The number of hydrogen-bond donors (Lipinski definition) is 2. The van der Waals surface area contributed by atoms with E-state index >= 15 is 0 Å². The fraction of sp³-hybridized carbons (Fsp3) is 0.125. The lowest BCUT2D eigenvalue weighted by atomic mass is 10.2. The molecular formula is C16H12BrIN2O4. The van der Waals surface area contributed by atoms with E-state index in [9.17, 15) is 9.90 Å². The minimum atomic E-state index is -0.382. The van der Waals surface area contributed by atoms with Crippen LogP contribution in [0.3, 0.4) is 0 Å². The summed E-state index contributed by atoms with van der Waals surface area (Å²) in [5.74, 6) is 0.885. The maximum Gasteiger partial charge on any atom is 0.271 e. The second-order valence-corrected chi connectivity index (χ2v) is 6.96. The van der Waals surface area contributed by atoms with Gasteiger partial charge < -0.3 is 14.6 Å². The number of carbonyl (C=O) groups excluding carboxylic acids is 1. The van der Waals surface area contributed by atoms with Gasteiger partial charge in [0.25, 0.3) is 5.91 Å². The number of hydrazone groups is 1. The normalized spacial score (nSPS) is 13.1. The monoisotopic (exact) mass is 502 g/mol. The molecule has 0 aliphatic carbocycles. The van der Waals surface area contributed by atoms with Crippen molar-refractivity contribution < 1.29 is 19.4 Å². The quantitative estimate of drug-likeness (QED) is 0.383. The Morgan fingerprint density at radius 3 is 2.79 bits per heavy atom. The third-order valence-electron chi connectivity index (χ3n) is 3.23. The molecule has 0 radical (unpaired) electrons. The van der Waals surface area contributed by atoms with Gasteiger partial charge in [0.05, 0.1) is 9.78 Å². The van der Waals surface area contributed by atoms with E-state index in [-0.39, 0.29) is 11.7 Å². The number of rotatable bonds is 3. The van der Waals surface area contributed by atoms with Crippen LogP contribution >= 0.6 is 38.5 Å². The number of nitrogens with zero attached hydrogens (tertiary/aromatic N) is 1. The molecule has 124 valence electrons. The largest absolute Gasteiger partial charge is 0.506 e. The van der Waals surface area contributed by atoms with Crippen molar-refractivity contribution in [2.75, 3.05) is 13.2 Å². The van der Waals surface area contributed by atoms with Gasteiger partial charge in [-0.3, -0.25) is 4.79 Å². The molecule has 2 aromatic carbocycles. The number of halogens is 2. The van der Waals surface area contributed by atoms with Crippen molar-refractivity contribution in [2.24, 2.45) is 5.10 Å². The molecule has 24 heavy (non-hydrogen) atoms. The van der Waals surface area contributed by atoms with E-state index in [1.54, 1.807) is 30.3 Å². The molecule has 0 saturated heterocycles. The maximum atomic E-state index is 12.1. The van der Waals surface area contributed by atoms with Crippen LogP contribution in [0.1, 0.15) is 15.9 Å². The average molecular weight is 503 g/mol. The van der Waals surface area contributed by atoms with Gasteiger partial charge in [-0.1, -0.05) is 15.9 Å². The zero-order valence-electron chi connectivity index (χ0n) is 12.3. The number of carbonyl (C=O) groups is 1. The predicted octanol–water partition coefficient (Wildman–Crippen LogP) is 3.29. The summed E-state index contributed by atoms with van der Waals surface area (Å²) in [6, 6.07) is 8.42. The van der Waals surface area contributed by atoms with Crippen LogP contribution in [0, 0.1) is 3.57 Å². The van der Waals surface area contributed by atoms with Gasteiger partial charge in [-0.2, -0.15) is 5.10 Å². The van der Waals surface area contributed by atoms with Crippen molar-refractivity contribution in [3.8, 4) is 17.2 Å². The van der Waals surface area contributed by atoms with E-state index in [2.05, 4.69) is 26.5 Å². The van der Waals surface area contributed by atoms with Gasteiger partial charge >= 0.3 is 0 Å². The lowest BCUT2D eigenvalue weighted by molar-refractivity contribution is 0.0954. The number of hydrogen-bond acceptors (Lipinski definition) is 5. The SMILES string of the molecule is O=C(N/N=C/c1cc(Br)cc(I)c1O)c1ccc2c(c1)OCCO2. The zero-order valence-corrected chi connectivity index (χ0v) is 16.0. The standard InChI is InChI=1S/C16H12BrIN2O4/c17-11-5-10(15(21)12(18)7-11)8-19-20-16(22)9-1-2-13-14(6-9)24-4-3-23-13/h1-2,5-8,21H,3-4H2,(H,20,22)/b19-8+. The van der Waals surface area contributed by atoms with Crippen LogP contribution < -0.4 is 14.9 Å². The minimum absolute atomic E-state index is 0.108. The first kappa shape index (κ1) is 17.0. The summed E-state index contributed by atoms with van der Waals surface area (Å²) in [6.45, 7) is 0.953. The maximum absolute atomic E-state index is 12.1. The molecule has 0 bridgehead atoms. The number of aromatic hydroxyl groups is 1. The molecule has 0 atom stereocenters. The number of ether oxygens (including phenoxy) is 2. The smallest absolute Gasteiger partial charge is 0.271 e. The van der Waals surface area contributed by atoms with Crippen molar-refractivity contribution in [3.63, 3.8) is 0 Å². The molecule has 2 aromatic rings. The van der Waals surface area contributed by atoms with E-state index in [1.807, 2.05) is 22.6 Å². The summed E-state index contributed by atoms with van der Waals surface area (Å²) in [6.07, 6.45) is 1.39. The Bertz CT molecular complexity index is 826. The molecule has 1 amide bonds. The van der Waals surface area contributed by atoms with E-state index in [4.69, 9.17) is 9.47 Å². The number of fused-ring (bicyclic) bond motifs is 1. The highest BCUT2D eigenvalue weighted by atomic mass is 127. The molecular weight excluding hydrogens is 491 g/mol. The molecule has 8 heteroatoms. The molecule has 6 nitrogen and oxygen atoms in total. The topological polar surface area (TPSA) is 80.2 Å². The van der Waals surface area contributed by atoms with Gasteiger partial charge in [0, 0.05) is 15.6 Å². The minimum Gasteiger partial charge on any atom is -0.506 e. The van der Waals surface area contributed by atoms with Crippen LogP contribution in [0.25, 0.3) is 0 Å². The number of amides is 1. The Balaban J connectivity index is 1.72. The first-order chi connectivity index (χ1) is 11.5. The first-order valence-electron chi connectivity index (χ1n) is 6.95. The fourth-order valence-electron chi connectivity index (χ4n) is 2.09. The van der Waals surface area contributed by atoms with Gasteiger partial charge in [0.15, 0.2) is 11.5 Å². The van der Waals surface area contributed by atoms with E-state index in [1.165, 1.54) is 6.21 Å². The molecule has 0 unspecified atom stereocenters. The lowest BCUT2D eigenvalue weighted by Crippen LogP contribution is -2.19. The molecule has 0 spiro atoms. The Kier molecular flexibility index (Phi) is 5.24. The highest BCUT2D eigenvalue weighted by molar-refractivity contribution is 14.1. The van der Waals surface area contributed by atoms with Crippen molar-refractivity contribution in [1.29, 1.82) is 0 Å². The molecule has 1 heterocycles. The van der Waals surface area contributed by atoms with Gasteiger partial charge in [-0.05, 0) is 52.9 Å². The number of phenols is 1. The van der Waals surface area contributed by atoms with Crippen LogP contribution in [0.4, 0.5) is 0 Å². The molecule has 1 aliphatic rings.